The highest BCUT2D eigenvalue weighted by Crippen LogP contribution is 2.22. The summed E-state index contributed by atoms with van der Waals surface area (Å²) >= 11 is 0. The molecule has 0 aliphatic heterocycles. The van der Waals surface area contributed by atoms with E-state index in [1.165, 1.54) is 4.90 Å². The van der Waals surface area contributed by atoms with Gasteiger partial charge < -0.3 is 5.11 Å². The molecule has 0 aliphatic rings. The Hall–Kier alpha value is -2.36. The van der Waals surface area contributed by atoms with Gasteiger partial charge in [-0.05, 0) is 24.1 Å². The van der Waals surface area contributed by atoms with Crippen molar-refractivity contribution < 1.29 is 9.90 Å². The van der Waals surface area contributed by atoms with Crippen LogP contribution in [0.15, 0.2) is 54.9 Å². The Kier molecular flexibility index (Phi) is 4.13. The molecule has 0 spiro atoms. The monoisotopic (exact) mass is 256 g/mol. The summed E-state index contributed by atoms with van der Waals surface area (Å²) < 4.78 is 0. The molecule has 19 heavy (non-hydrogen) atoms. The normalized spacial score (nSPS) is 11.8. The summed E-state index contributed by atoms with van der Waals surface area (Å²) in [5.41, 5.74) is 1.86. The van der Waals surface area contributed by atoms with Crippen LogP contribution in [-0.2, 0) is 6.54 Å². The lowest BCUT2D eigenvalue weighted by Gasteiger charge is -2.26. The van der Waals surface area contributed by atoms with Gasteiger partial charge in [0.15, 0.2) is 0 Å². The van der Waals surface area contributed by atoms with Gasteiger partial charge in [-0.25, -0.2) is 4.79 Å². The number of nitrogens with zero attached hydrogens (tertiary/aromatic N) is 2. The van der Waals surface area contributed by atoms with Crippen LogP contribution in [0.5, 0.6) is 0 Å². The highest BCUT2D eigenvalue weighted by molar-refractivity contribution is 5.65. The highest BCUT2D eigenvalue weighted by atomic mass is 16.4. The van der Waals surface area contributed by atoms with E-state index in [1.54, 1.807) is 12.4 Å². The lowest BCUT2D eigenvalue weighted by atomic mass is 10.1. The second-order valence-corrected chi connectivity index (χ2v) is 4.36. The molecule has 0 saturated carbocycles. The Bertz CT molecular complexity index is 528. The molecular weight excluding hydrogens is 240 g/mol. The Morgan fingerprint density at radius 1 is 1.26 bits per heavy atom. The molecule has 1 aromatic heterocycles. The van der Waals surface area contributed by atoms with Crippen molar-refractivity contribution in [3.05, 3.63) is 66.0 Å². The van der Waals surface area contributed by atoms with Crippen molar-refractivity contribution in [2.75, 3.05) is 0 Å². The van der Waals surface area contributed by atoms with Gasteiger partial charge in [-0.15, -0.1) is 0 Å². The standard InChI is InChI=1S/C15H16N2O2/c1-12(14-7-3-2-4-8-14)17(15(18)19)11-13-6-5-9-16-10-13/h2-10,12H,11H2,1H3,(H,18,19). The van der Waals surface area contributed by atoms with E-state index < -0.39 is 6.09 Å². The largest absolute Gasteiger partial charge is 0.465 e. The number of hydrogen-bond donors (Lipinski definition) is 1. The van der Waals surface area contributed by atoms with Crippen LogP contribution in [0.1, 0.15) is 24.1 Å². The third kappa shape index (κ3) is 3.31. The minimum atomic E-state index is -0.930. The fourth-order valence-electron chi connectivity index (χ4n) is 1.97. The minimum Gasteiger partial charge on any atom is -0.465 e. The molecular formula is C15H16N2O2. The summed E-state index contributed by atoms with van der Waals surface area (Å²) in [5.74, 6) is 0. The van der Waals surface area contributed by atoms with Crippen LogP contribution >= 0.6 is 0 Å². The number of aromatic nitrogens is 1. The van der Waals surface area contributed by atoms with E-state index in [-0.39, 0.29) is 6.04 Å². The van der Waals surface area contributed by atoms with Crippen LogP contribution in [0.4, 0.5) is 4.79 Å². The van der Waals surface area contributed by atoms with Crippen LogP contribution in [0.2, 0.25) is 0 Å². The average molecular weight is 256 g/mol. The maximum absolute atomic E-state index is 11.4. The number of amides is 1. The zero-order chi connectivity index (χ0) is 13.7. The summed E-state index contributed by atoms with van der Waals surface area (Å²) in [5, 5.41) is 9.37. The van der Waals surface area contributed by atoms with Crippen LogP contribution in [-0.4, -0.2) is 21.1 Å². The maximum atomic E-state index is 11.4. The molecule has 2 rings (SSSR count). The molecule has 0 radical (unpaired) electrons. The van der Waals surface area contributed by atoms with Crippen molar-refractivity contribution in [3.8, 4) is 0 Å². The van der Waals surface area contributed by atoms with E-state index in [0.717, 1.165) is 11.1 Å². The van der Waals surface area contributed by atoms with Gasteiger partial charge in [0.05, 0.1) is 12.6 Å². The zero-order valence-electron chi connectivity index (χ0n) is 10.7. The van der Waals surface area contributed by atoms with E-state index in [2.05, 4.69) is 4.98 Å². The van der Waals surface area contributed by atoms with Gasteiger partial charge in [0, 0.05) is 12.4 Å². The number of carbonyl (C=O) groups is 1. The summed E-state index contributed by atoms with van der Waals surface area (Å²) in [6.07, 6.45) is 2.43. The van der Waals surface area contributed by atoms with E-state index in [9.17, 15) is 9.90 Å². The minimum absolute atomic E-state index is 0.195. The molecule has 4 nitrogen and oxygen atoms in total. The van der Waals surface area contributed by atoms with Gasteiger partial charge in [-0.3, -0.25) is 9.88 Å². The molecule has 1 atom stereocenters. The van der Waals surface area contributed by atoms with Crippen molar-refractivity contribution in [2.24, 2.45) is 0 Å². The second-order valence-electron chi connectivity index (χ2n) is 4.36. The van der Waals surface area contributed by atoms with Crippen LogP contribution in [0.3, 0.4) is 0 Å². The van der Waals surface area contributed by atoms with Gasteiger partial charge in [0.25, 0.3) is 0 Å². The third-order valence-electron chi connectivity index (χ3n) is 3.07. The second kappa shape index (κ2) is 6.00. The van der Waals surface area contributed by atoms with Gasteiger partial charge in [-0.1, -0.05) is 36.4 Å². The molecule has 1 aromatic carbocycles. The third-order valence-corrected chi connectivity index (χ3v) is 3.07. The predicted molar refractivity (Wildman–Crippen MR) is 72.7 cm³/mol. The first-order chi connectivity index (χ1) is 9.18. The van der Waals surface area contributed by atoms with Gasteiger partial charge >= 0.3 is 6.09 Å². The number of hydrogen-bond acceptors (Lipinski definition) is 2. The Morgan fingerprint density at radius 2 is 2.00 bits per heavy atom. The van der Waals surface area contributed by atoms with Crippen molar-refractivity contribution in [2.45, 2.75) is 19.5 Å². The van der Waals surface area contributed by atoms with Gasteiger partial charge in [0.2, 0.25) is 0 Å². The van der Waals surface area contributed by atoms with Crippen molar-refractivity contribution in [1.29, 1.82) is 0 Å². The first-order valence-corrected chi connectivity index (χ1v) is 6.12. The smallest absolute Gasteiger partial charge is 0.408 e. The Labute approximate surface area is 112 Å². The van der Waals surface area contributed by atoms with E-state index >= 15 is 0 Å². The van der Waals surface area contributed by atoms with Gasteiger partial charge in [-0.2, -0.15) is 0 Å². The zero-order valence-corrected chi connectivity index (χ0v) is 10.7. The number of pyridine rings is 1. The molecule has 0 bridgehead atoms. The predicted octanol–water partition coefficient (Wildman–Crippen LogP) is 3.32. The lowest BCUT2D eigenvalue weighted by molar-refractivity contribution is 0.124. The average Bonchev–Trinajstić information content (AvgIpc) is 2.46. The lowest BCUT2D eigenvalue weighted by Crippen LogP contribution is -2.31. The molecule has 1 amide bonds. The Morgan fingerprint density at radius 3 is 2.58 bits per heavy atom. The first kappa shape index (κ1) is 13.1. The summed E-state index contributed by atoms with van der Waals surface area (Å²) in [4.78, 5) is 16.8. The fourth-order valence-corrected chi connectivity index (χ4v) is 1.97. The Balaban J connectivity index is 2.19. The molecule has 0 saturated heterocycles. The van der Waals surface area contributed by atoms with Crippen molar-refractivity contribution in [3.63, 3.8) is 0 Å². The molecule has 0 fully saturated rings. The first-order valence-electron chi connectivity index (χ1n) is 6.12. The summed E-state index contributed by atoms with van der Waals surface area (Å²) in [6.45, 7) is 2.22. The topological polar surface area (TPSA) is 53.4 Å². The van der Waals surface area contributed by atoms with Crippen LogP contribution in [0.25, 0.3) is 0 Å². The number of rotatable bonds is 4. The molecule has 0 aliphatic carbocycles. The van der Waals surface area contributed by atoms with E-state index in [1.807, 2.05) is 49.4 Å². The quantitative estimate of drug-likeness (QED) is 0.912. The molecule has 98 valence electrons. The van der Waals surface area contributed by atoms with Crippen LogP contribution in [0, 0.1) is 0 Å². The van der Waals surface area contributed by atoms with Crippen molar-refractivity contribution >= 4 is 6.09 Å². The van der Waals surface area contributed by atoms with Crippen molar-refractivity contribution in [1.82, 2.24) is 9.88 Å². The molecule has 1 N–H and O–H groups in total. The van der Waals surface area contributed by atoms with Crippen LogP contribution < -0.4 is 0 Å². The maximum Gasteiger partial charge on any atom is 0.408 e. The van der Waals surface area contributed by atoms with Gasteiger partial charge in [0.1, 0.15) is 0 Å². The van der Waals surface area contributed by atoms with E-state index in [0.29, 0.717) is 6.54 Å². The molecule has 1 heterocycles. The van der Waals surface area contributed by atoms with E-state index in [4.69, 9.17) is 0 Å². The molecule has 2 aromatic rings. The fraction of sp³-hybridized carbons (Fsp3) is 0.200. The summed E-state index contributed by atoms with van der Waals surface area (Å²) in [7, 11) is 0. The number of benzene rings is 1. The molecule has 4 heteroatoms. The highest BCUT2D eigenvalue weighted by Gasteiger charge is 2.20. The molecule has 1 unspecified atom stereocenters. The summed E-state index contributed by atoms with van der Waals surface area (Å²) in [6, 6.07) is 13.1. The number of carboxylic acid groups (broad SMARTS) is 1. The SMILES string of the molecule is CC(c1ccccc1)N(Cc1cccnc1)C(=O)O.